The van der Waals surface area contributed by atoms with Crippen molar-refractivity contribution in [2.45, 2.75) is 45.2 Å². The van der Waals surface area contributed by atoms with Crippen LogP contribution in [0.1, 0.15) is 36.8 Å². The third kappa shape index (κ3) is 3.30. The SMILES string of the molecule is Cc1ccccc1CNC1CCCCC1CN. The zero-order valence-corrected chi connectivity index (χ0v) is 10.8. The fourth-order valence-electron chi connectivity index (χ4n) is 2.81. The maximum absolute atomic E-state index is 5.85. The van der Waals surface area contributed by atoms with Gasteiger partial charge in [0.15, 0.2) is 0 Å². The van der Waals surface area contributed by atoms with Gasteiger partial charge in [0.1, 0.15) is 0 Å². The van der Waals surface area contributed by atoms with E-state index < -0.39 is 0 Å². The minimum Gasteiger partial charge on any atom is -0.330 e. The number of hydrogen-bond acceptors (Lipinski definition) is 2. The van der Waals surface area contributed by atoms with Gasteiger partial charge in [0.2, 0.25) is 0 Å². The van der Waals surface area contributed by atoms with Gasteiger partial charge in [0.25, 0.3) is 0 Å². The second kappa shape index (κ2) is 6.18. The van der Waals surface area contributed by atoms with Crippen LogP contribution in [-0.4, -0.2) is 12.6 Å². The molecular weight excluding hydrogens is 208 g/mol. The highest BCUT2D eigenvalue weighted by Crippen LogP contribution is 2.24. The Balaban J connectivity index is 1.90. The topological polar surface area (TPSA) is 38.0 Å². The molecule has 0 heterocycles. The first-order chi connectivity index (χ1) is 8.31. The van der Waals surface area contributed by atoms with E-state index in [0.717, 1.165) is 13.1 Å². The van der Waals surface area contributed by atoms with Crippen LogP contribution >= 0.6 is 0 Å². The standard InChI is InChI=1S/C15H24N2/c1-12-6-2-3-8-14(12)11-17-15-9-5-4-7-13(15)10-16/h2-3,6,8,13,15,17H,4-5,7,9-11,16H2,1H3. The van der Waals surface area contributed by atoms with Crippen LogP contribution in [-0.2, 0) is 6.54 Å². The Morgan fingerprint density at radius 2 is 2.00 bits per heavy atom. The lowest BCUT2D eigenvalue weighted by molar-refractivity contribution is 0.267. The highest BCUT2D eigenvalue weighted by Gasteiger charge is 2.23. The van der Waals surface area contributed by atoms with Crippen molar-refractivity contribution in [2.24, 2.45) is 11.7 Å². The predicted octanol–water partition coefficient (Wildman–Crippen LogP) is 2.60. The largest absolute Gasteiger partial charge is 0.330 e. The average molecular weight is 232 g/mol. The summed E-state index contributed by atoms with van der Waals surface area (Å²) in [5, 5.41) is 3.70. The third-order valence-corrected chi connectivity index (χ3v) is 4.03. The molecule has 1 fully saturated rings. The molecule has 2 unspecified atom stereocenters. The predicted molar refractivity (Wildman–Crippen MR) is 72.8 cm³/mol. The number of nitrogens with two attached hydrogens (primary N) is 1. The zero-order valence-electron chi connectivity index (χ0n) is 10.8. The lowest BCUT2D eigenvalue weighted by Crippen LogP contribution is -2.41. The van der Waals surface area contributed by atoms with Gasteiger partial charge in [-0.1, -0.05) is 37.1 Å². The molecule has 0 radical (unpaired) electrons. The quantitative estimate of drug-likeness (QED) is 0.837. The number of benzene rings is 1. The van der Waals surface area contributed by atoms with Crippen molar-refractivity contribution >= 4 is 0 Å². The van der Waals surface area contributed by atoms with Crippen LogP contribution < -0.4 is 11.1 Å². The minimum atomic E-state index is 0.619. The first kappa shape index (κ1) is 12.6. The molecule has 0 aliphatic heterocycles. The van der Waals surface area contributed by atoms with Crippen molar-refractivity contribution < 1.29 is 0 Å². The van der Waals surface area contributed by atoms with Gasteiger partial charge in [-0.2, -0.15) is 0 Å². The second-order valence-corrected chi connectivity index (χ2v) is 5.19. The van der Waals surface area contributed by atoms with Gasteiger partial charge in [-0.3, -0.25) is 0 Å². The van der Waals surface area contributed by atoms with Gasteiger partial charge in [-0.05, 0) is 43.4 Å². The molecule has 94 valence electrons. The van der Waals surface area contributed by atoms with Crippen LogP contribution in [0.3, 0.4) is 0 Å². The molecule has 0 bridgehead atoms. The van der Waals surface area contributed by atoms with E-state index in [0.29, 0.717) is 12.0 Å². The maximum Gasteiger partial charge on any atom is 0.0210 e. The Morgan fingerprint density at radius 1 is 1.24 bits per heavy atom. The summed E-state index contributed by atoms with van der Waals surface area (Å²) in [7, 11) is 0. The molecule has 2 rings (SSSR count). The summed E-state index contributed by atoms with van der Waals surface area (Å²) in [4.78, 5) is 0. The van der Waals surface area contributed by atoms with Gasteiger partial charge >= 0.3 is 0 Å². The monoisotopic (exact) mass is 232 g/mol. The van der Waals surface area contributed by atoms with Crippen molar-refractivity contribution in [2.75, 3.05) is 6.54 Å². The smallest absolute Gasteiger partial charge is 0.0210 e. The summed E-state index contributed by atoms with van der Waals surface area (Å²) in [5.41, 5.74) is 8.64. The Labute approximate surface area is 105 Å². The molecule has 2 atom stereocenters. The van der Waals surface area contributed by atoms with Crippen LogP contribution in [0.2, 0.25) is 0 Å². The summed E-state index contributed by atoms with van der Waals surface area (Å²) in [6.07, 6.45) is 5.28. The molecule has 1 aromatic rings. The fraction of sp³-hybridized carbons (Fsp3) is 0.600. The highest BCUT2D eigenvalue weighted by atomic mass is 14.9. The number of rotatable bonds is 4. The van der Waals surface area contributed by atoms with Crippen molar-refractivity contribution in [3.63, 3.8) is 0 Å². The van der Waals surface area contributed by atoms with Gasteiger partial charge in [0.05, 0.1) is 0 Å². The van der Waals surface area contributed by atoms with E-state index in [-0.39, 0.29) is 0 Å². The molecule has 0 saturated heterocycles. The fourth-order valence-corrected chi connectivity index (χ4v) is 2.81. The van der Waals surface area contributed by atoms with Crippen LogP contribution in [0.15, 0.2) is 24.3 Å². The van der Waals surface area contributed by atoms with Crippen molar-refractivity contribution in [3.8, 4) is 0 Å². The third-order valence-electron chi connectivity index (χ3n) is 4.03. The molecule has 1 aromatic carbocycles. The summed E-state index contributed by atoms with van der Waals surface area (Å²) < 4.78 is 0. The van der Waals surface area contributed by atoms with Gasteiger partial charge in [-0.25, -0.2) is 0 Å². The maximum atomic E-state index is 5.85. The van der Waals surface area contributed by atoms with Crippen molar-refractivity contribution in [1.29, 1.82) is 0 Å². The highest BCUT2D eigenvalue weighted by molar-refractivity contribution is 5.25. The molecule has 1 saturated carbocycles. The molecule has 0 spiro atoms. The second-order valence-electron chi connectivity index (χ2n) is 5.19. The minimum absolute atomic E-state index is 0.619. The molecule has 1 aliphatic rings. The number of aryl methyl sites for hydroxylation is 1. The molecule has 3 N–H and O–H groups in total. The Bertz CT molecular complexity index is 349. The van der Waals surface area contributed by atoms with E-state index in [1.54, 1.807) is 0 Å². The van der Waals surface area contributed by atoms with Crippen LogP contribution in [0.4, 0.5) is 0 Å². The molecule has 1 aliphatic carbocycles. The summed E-state index contributed by atoms with van der Waals surface area (Å²) in [5.74, 6) is 0.674. The number of nitrogens with one attached hydrogen (secondary N) is 1. The van der Waals surface area contributed by atoms with Gasteiger partial charge < -0.3 is 11.1 Å². The van der Waals surface area contributed by atoms with Crippen molar-refractivity contribution in [1.82, 2.24) is 5.32 Å². The van der Waals surface area contributed by atoms with E-state index in [2.05, 4.69) is 36.5 Å². The molecule has 0 aromatic heterocycles. The average Bonchev–Trinajstić information content (AvgIpc) is 2.38. The summed E-state index contributed by atoms with van der Waals surface area (Å²) in [6, 6.07) is 9.22. The molecular formula is C15H24N2. The van der Waals surface area contributed by atoms with E-state index in [1.165, 1.54) is 36.8 Å². The summed E-state index contributed by atoms with van der Waals surface area (Å²) in [6.45, 7) is 3.98. The normalized spacial score (nSPS) is 24.8. The van der Waals surface area contributed by atoms with Crippen LogP contribution in [0.5, 0.6) is 0 Å². The number of hydrogen-bond donors (Lipinski definition) is 2. The van der Waals surface area contributed by atoms with Gasteiger partial charge in [0, 0.05) is 12.6 Å². The van der Waals surface area contributed by atoms with Crippen molar-refractivity contribution in [3.05, 3.63) is 35.4 Å². The zero-order chi connectivity index (χ0) is 12.1. The Morgan fingerprint density at radius 3 is 2.76 bits per heavy atom. The molecule has 2 heteroatoms. The Kier molecular flexibility index (Phi) is 4.57. The van der Waals surface area contributed by atoms with Gasteiger partial charge in [-0.15, -0.1) is 0 Å². The van der Waals surface area contributed by atoms with Crippen LogP contribution in [0, 0.1) is 12.8 Å². The van der Waals surface area contributed by atoms with E-state index in [4.69, 9.17) is 5.73 Å². The summed E-state index contributed by atoms with van der Waals surface area (Å²) >= 11 is 0. The first-order valence-electron chi connectivity index (χ1n) is 6.79. The van der Waals surface area contributed by atoms with E-state index >= 15 is 0 Å². The Hall–Kier alpha value is -0.860. The molecule has 0 amide bonds. The molecule has 17 heavy (non-hydrogen) atoms. The first-order valence-corrected chi connectivity index (χ1v) is 6.79. The molecule has 2 nitrogen and oxygen atoms in total. The lowest BCUT2D eigenvalue weighted by atomic mass is 9.84. The van der Waals surface area contributed by atoms with E-state index in [1.807, 2.05) is 0 Å². The lowest BCUT2D eigenvalue weighted by Gasteiger charge is -2.31. The van der Waals surface area contributed by atoms with Crippen LogP contribution in [0.25, 0.3) is 0 Å². The van der Waals surface area contributed by atoms with E-state index in [9.17, 15) is 0 Å².